The number of benzene rings is 5. The molecule has 2 N–H and O–H groups in total. The summed E-state index contributed by atoms with van der Waals surface area (Å²) < 4.78 is 0. The van der Waals surface area contributed by atoms with Crippen molar-refractivity contribution in [1.82, 2.24) is 0 Å². The van der Waals surface area contributed by atoms with Gasteiger partial charge in [0.2, 0.25) is 0 Å². The highest BCUT2D eigenvalue weighted by Gasteiger charge is 2.49. The fourth-order valence-electron chi connectivity index (χ4n) is 5.95. The van der Waals surface area contributed by atoms with Gasteiger partial charge in [-0.05, 0) is 67.4 Å². The van der Waals surface area contributed by atoms with Gasteiger partial charge in [0.05, 0.1) is 5.41 Å². The smallest absolute Gasteiger partial charge is 0.0726 e. The molecule has 0 heterocycles. The van der Waals surface area contributed by atoms with E-state index >= 15 is 0 Å². The molecule has 140 valence electrons. The first kappa shape index (κ1) is 16.0. The second-order valence-electron chi connectivity index (χ2n) is 8.36. The van der Waals surface area contributed by atoms with Crippen LogP contribution in [0, 0.1) is 0 Å². The highest BCUT2D eigenvalue weighted by molar-refractivity contribution is 6.06. The zero-order valence-electron chi connectivity index (χ0n) is 16.4. The highest BCUT2D eigenvalue weighted by atomic mass is 14.6. The summed E-state index contributed by atoms with van der Waals surface area (Å²) >= 11 is 0. The van der Waals surface area contributed by atoms with E-state index in [0.717, 1.165) is 5.69 Å². The van der Waals surface area contributed by atoms with Gasteiger partial charge in [0.25, 0.3) is 0 Å². The average molecular weight is 381 g/mol. The fraction of sp³-hybridized carbons (Fsp3) is 0.0345. The molecule has 2 aliphatic carbocycles. The van der Waals surface area contributed by atoms with Gasteiger partial charge >= 0.3 is 0 Å². The van der Waals surface area contributed by atoms with E-state index in [-0.39, 0.29) is 5.41 Å². The lowest BCUT2D eigenvalue weighted by molar-refractivity contribution is 0.774. The summed E-state index contributed by atoms with van der Waals surface area (Å²) in [5, 5.41) is 2.64. The molecule has 0 fully saturated rings. The molecular weight excluding hydrogens is 362 g/mol. The average Bonchev–Trinajstić information content (AvgIpc) is 3.08. The van der Waals surface area contributed by atoms with Crippen LogP contribution in [-0.4, -0.2) is 0 Å². The Kier molecular flexibility index (Phi) is 2.88. The van der Waals surface area contributed by atoms with E-state index in [4.69, 9.17) is 5.73 Å². The minimum Gasteiger partial charge on any atom is -0.399 e. The van der Waals surface area contributed by atoms with Crippen molar-refractivity contribution in [3.05, 3.63) is 125 Å². The van der Waals surface area contributed by atoms with E-state index in [1.807, 2.05) is 6.07 Å². The van der Waals surface area contributed by atoms with Crippen LogP contribution < -0.4 is 5.73 Å². The van der Waals surface area contributed by atoms with Gasteiger partial charge in [-0.15, -0.1) is 0 Å². The fourth-order valence-corrected chi connectivity index (χ4v) is 5.95. The normalized spacial score (nSPS) is 17.6. The monoisotopic (exact) mass is 381 g/mol. The Morgan fingerprint density at radius 3 is 1.80 bits per heavy atom. The number of hydrogen-bond acceptors (Lipinski definition) is 1. The number of hydrogen-bond donors (Lipinski definition) is 1. The van der Waals surface area contributed by atoms with Crippen LogP contribution in [0.5, 0.6) is 0 Å². The van der Waals surface area contributed by atoms with E-state index in [9.17, 15) is 0 Å². The van der Waals surface area contributed by atoms with Crippen molar-refractivity contribution in [2.24, 2.45) is 0 Å². The predicted octanol–water partition coefficient (Wildman–Crippen LogP) is 6.77. The molecule has 1 unspecified atom stereocenters. The van der Waals surface area contributed by atoms with Crippen molar-refractivity contribution in [1.29, 1.82) is 0 Å². The van der Waals surface area contributed by atoms with Crippen LogP contribution >= 0.6 is 0 Å². The van der Waals surface area contributed by atoms with Crippen molar-refractivity contribution < 1.29 is 0 Å². The van der Waals surface area contributed by atoms with Crippen LogP contribution in [0.1, 0.15) is 22.3 Å². The summed E-state index contributed by atoms with van der Waals surface area (Å²) in [6.45, 7) is 0. The molecule has 0 aliphatic heterocycles. The van der Waals surface area contributed by atoms with Crippen LogP contribution in [0.4, 0.5) is 5.69 Å². The van der Waals surface area contributed by atoms with Crippen LogP contribution in [-0.2, 0) is 5.41 Å². The third-order valence-electron chi connectivity index (χ3n) is 7.00. The molecule has 0 aromatic heterocycles. The molecule has 5 aromatic carbocycles. The van der Waals surface area contributed by atoms with Gasteiger partial charge in [-0.3, -0.25) is 0 Å². The molecule has 0 bridgehead atoms. The molecule has 1 atom stereocenters. The maximum absolute atomic E-state index is 6.37. The Bertz CT molecular complexity index is 1510. The Morgan fingerprint density at radius 2 is 1.03 bits per heavy atom. The third-order valence-corrected chi connectivity index (χ3v) is 7.00. The summed E-state index contributed by atoms with van der Waals surface area (Å²) in [6.07, 6.45) is 0. The number of nitrogens with two attached hydrogens (primary N) is 1. The molecule has 30 heavy (non-hydrogen) atoms. The number of anilines is 1. The van der Waals surface area contributed by atoms with E-state index in [2.05, 4.69) is 97.1 Å². The first-order valence-electron chi connectivity index (χ1n) is 10.4. The minimum absolute atomic E-state index is 0.355. The van der Waals surface area contributed by atoms with Gasteiger partial charge in [0, 0.05) is 5.69 Å². The number of fused-ring (bicyclic) bond motifs is 9. The minimum atomic E-state index is -0.355. The quantitative estimate of drug-likeness (QED) is 0.288. The summed E-state index contributed by atoms with van der Waals surface area (Å²) in [6, 6.07) is 37.6. The van der Waals surface area contributed by atoms with Crippen molar-refractivity contribution in [3.8, 4) is 22.3 Å². The number of rotatable bonds is 0. The van der Waals surface area contributed by atoms with E-state index in [1.54, 1.807) is 0 Å². The molecule has 0 radical (unpaired) electrons. The van der Waals surface area contributed by atoms with Gasteiger partial charge in [0.15, 0.2) is 0 Å². The van der Waals surface area contributed by atoms with Gasteiger partial charge in [-0.25, -0.2) is 0 Å². The molecular formula is C29H19N. The summed E-state index contributed by atoms with van der Waals surface area (Å²) in [4.78, 5) is 0. The lowest BCUT2D eigenvalue weighted by Crippen LogP contribution is -2.31. The molecule has 1 heteroatoms. The first-order chi connectivity index (χ1) is 14.8. The van der Waals surface area contributed by atoms with Crippen LogP contribution in [0.2, 0.25) is 0 Å². The second-order valence-corrected chi connectivity index (χ2v) is 8.36. The second kappa shape index (κ2) is 5.40. The number of nitrogen functional groups attached to an aromatic ring is 1. The molecule has 0 saturated carbocycles. The van der Waals surface area contributed by atoms with Crippen molar-refractivity contribution >= 4 is 16.5 Å². The summed E-state index contributed by atoms with van der Waals surface area (Å²) in [5.74, 6) is 0. The Hall–Kier alpha value is -3.84. The van der Waals surface area contributed by atoms with Crippen molar-refractivity contribution in [2.75, 3.05) is 5.73 Å². The maximum atomic E-state index is 6.37. The molecule has 7 rings (SSSR count). The molecule has 1 spiro atoms. The molecule has 0 amide bonds. The lowest BCUT2D eigenvalue weighted by Gasteiger charge is -2.40. The molecule has 1 nitrogen and oxygen atoms in total. The highest BCUT2D eigenvalue weighted by Crippen LogP contribution is 2.61. The van der Waals surface area contributed by atoms with Crippen LogP contribution in [0.15, 0.2) is 103 Å². The van der Waals surface area contributed by atoms with Gasteiger partial charge in [-0.2, -0.15) is 0 Å². The Balaban J connectivity index is 1.80. The zero-order valence-corrected chi connectivity index (χ0v) is 16.4. The summed E-state index contributed by atoms with van der Waals surface area (Å²) in [7, 11) is 0. The predicted molar refractivity (Wildman–Crippen MR) is 125 cm³/mol. The van der Waals surface area contributed by atoms with E-state index in [0.29, 0.717) is 0 Å². The molecule has 5 aromatic rings. The van der Waals surface area contributed by atoms with Gasteiger partial charge in [-0.1, -0.05) is 91.0 Å². The first-order valence-corrected chi connectivity index (χ1v) is 10.4. The van der Waals surface area contributed by atoms with Crippen LogP contribution in [0.25, 0.3) is 33.0 Å². The summed E-state index contributed by atoms with van der Waals surface area (Å²) in [5.41, 5.74) is 17.4. The lowest BCUT2D eigenvalue weighted by atomic mass is 9.61. The molecule has 2 aliphatic rings. The van der Waals surface area contributed by atoms with Gasteiger partial charge < -0.3 is 5.73 Å². The largest absolute Gasteiger partial charge is 0.399 e. The topological polar surface area (TPSA) is 26.0 Å². The Labute approximate surface area is 175 Å². The van der Waals surface area contributed by atoms with Crippen molar-refractivity contribution in [2.45, 2.75) is 5.41 Å². The van der Waals surface area contributed by atoms with E-state index in [1.165, 1.54) is 55.3 Å². The van der Waals surface area contributed by atoms with E-state index < -0.39 is 0 Å². The van der Waals surface area contributed by atoms with Gasteiger partial charge in [0.1, 0.15) is 0 Å². The maximum Gasteiger partial charge on any atom is 0.0726 e. The third kappa shape index (κ3) is 1.71. The standard InChI is InChI=1S/C29H19N/c30-19-15-16-22-20-9-1-3-12-24(20)29(27(22)17-19)25-13-4-2-10-21(25)23-11-5-7-18-8-6-14-26(29)28(18)23/h1-17H,30H2. The van der Waals surface area contributed by atoms with Crippen LogP contribution in [0.3, 0.4) is 0 Å². The molecule has 0 saturated heterocycles. The Morgan fingerprint density at radius 1 is 0.467 bits per heavy atom. The van der Waals surface area contributed by atoms with Crippen molar-refractivity contribution in [3.63, 3.8) is 0 Å². The zero-order chi connectivity index (χ0) is 19.9. The SMILES string of the molecule is Nc1ccc2c(c1)C1(c3ccccc3-2)c2ccccc2-c2cccc3cccc1c23.